The van der Waals surface area contributed by atoms with Crippen molar-refractivity contribution in [3.63, 3.8) is 0 Å². The van der Waals surface area contributed by atoms with Crippen LogP contribution in [0.25, 0.3) is 10.9 Å². The van der Waals surface area contributed by atoms with Gasteiger partial charge in [0.05, 0.1) is 7.11 Å². The van der Waals surface area contributed by atoms with E-state index in [4.69, 9.17) is 4.74 Å². The number of fused-ring (bicyclic) bond motifs is 2. The molecule has 0 unspecified atom stereocenters. The van der Waals surface area contributed by atoms with Crippen LogP contribution in [0.2, 0.25) is 0 Å². The Morgan fingerprint density at radius 2 is 2.20 bits per heavy atom. The molecule has 2 aromatic heterocycles. The zero-order valence-electron chi connectivity index (χ0n) is 17.0. The SMILES string of the molecule is COc1ccc2[nH]cc(CCNC(=O)c3cn4c(n3)C(=O)N(CC3CC3)CC4)c2c1. The van der Waals surface area contributed by atoms with Crippen molar-refractivity contribution >= 4 is 22.7 Å². The van der Waals surface area contributed by atoms with E-state index in [-0.39, 0.29) is 11.8 Å². The van der Waals surface area contributed by atoms with E-state index < -0.39 is 0 Å². The van der Waals surface area contributed by atoms with Crippen molar-refractivity contribution in [1.29, 1.82) is 0 Å². The number of carbonyl (C=O) groups excluding carboxylic acids is 2. The molecule has 0 bridgehead atoms. The van der Waals surface area contributed by atoms with Crippen molar-refractivity contribution < 1.29 is 14.3 Å². The number of nitrogens with one attached hydrogen (secondary N) is 2. The number of nitrogens with zero attached hydrogens (tertiary/aromatic N) is 3. The molecule has 2 N–H and O–H groups in total. The summed E-state index contributed by atoms with van der Waals surface area (Å²) < 4.78 is 7.10. The van der Waals surface area contributed by atoms with Crippen molar-refractivity contribution in [2.45, 2.75) is 25.8 Å². The summed E-state index contributed by atoms with van der Waals surface area (Å²) in [5.74, 6) is 1.49. The Kier molecular flexibility index (Phi) is 4.69. The van der Waals surface area contributed by atoms with Gasteiger partial charge in [0, 0.05) is 49.5 Å². The van der Waals surface area contributed by atoms with E-state index in [1.807, 2.05) is 29.3 Å². The molecule has 1 saturated carbocycles. The number of H-pyrrole nitrogens is 1. The van der Waals surface area contributed by atoms with Gasteiger partial charge in [-0.3, -0.25) is 9.59 Å². The summed E-state index contributed by atoms with van der Waals surface area (Å²) in [5, 5.41) is 4.01. The molecule has 1 aliphatic heterocycles. The van der Waals surface area contributed by atoms with Crippen LogP contribution in [0.15, 0.2) is 30.6 Å². The van der Waals surface area contributed by atoms with Gasteiger partial charge in [-0.1, -0.05) is 0 Å². The molecule has 3 aromatic rings. The lowest BCUT2D eigenvalue weighted by Gasteiger charge is -2.27. The van der Waals surface area contributed by atoms with Crippen LogP contribution in [0.3, 0.4) is 0 Å². The second-order valence-electron chi connectivity index (χ2n) is 8.07. The Labute approximate surface area is 174 Å². The summed E-state index contributed by atoms with van der Waals surface area (Å²) in [7, 11) is 1.65. The third-order valence-electron chi connectivity index (χ3n) is 5.93. The number of hydrogen-bond donors (Lipinski definition) is 2. The Morgan fingerprint density at radius 3 is 3.00 bits per heavy atom. The monoisotopic (exact) mass is 407 g/mol. The van der Waals surface area contributed by atoms with Crippen LogP contribution < -0.4 is 10.1 Å². The smallest absolute Gasteiger partial charge is 0.289 e. The highest BCUT2D eigenvalue weighted by Crippen LogP contribution is 2.30. The first-order chi connectivity index (χ1) is 14.6. The maximum absolute atomic E-state index is 12.7. The predicted octanol–water partition coefficient (Wildman–Crippen LogP) is 2.21. The minimum Gasteiger partial charge on any atom is -0.497 e. The molecule has 1 aliphatic carbocycles. The van der Waals surface area contributed by atoms with E-state index in [2.05, 4.69) is 15.3 Å². The number of imidazole rings is 1. The lowest BCUT2D eigenvalue weighted by atomic mass is 10.1. The Hall–Kier alpha value is -3.29. The fourth-order valence-electron chi connectivity index (χ4n) is 4.02. The zero-order chi connectivity index (χ0) is 20.7. The van der Waals surface area contributed by atoms with E-state index in [0.717, 1.165) is 28.8 Å². The first-order valence-electron chi connectivity index (χ1n) is 10.4. The van der Waals surface area contributed by atoms with Crippen LogP contribution in [0.4, 0.5) is 0 Å². The van der Waals surface area contributed by atoms with Gasteiger partial charge in [-0.15, -0.1) is 0 Å². The number of methoxy groups -OCH3 is 1. The second-order valence-corrected chi connectivity index (χ2v) is 8.07. The van der Waals surface area contributed by atoms with Crippen LogP contribution in [-0.2, 0) is 13.0 Å². The molecule has 0 saturated heterocycles. The van der Waals surface area contributed by atoms with E-state index in [0.29, 0.717) is 43.5 Å². The molecule has 3 heterocycles. The highest BCUT2D eigenvalue weighted by Gasteiger charge is 2.32. The first-order valence-corrected chi connectivity index (χ1v) is 10.4. The zero-order valence-corrected chi connectivity index (χ0v) is 17.0. The maximum atomic E-state index is 12.7. The first kappa shape index (κ1) is 18.7. The fraction of sp³-hybridized carbons (Fsp3) is 0.409. The molecule has 2 aliphatic rings. The maximum Gasteiger partial charge on any atom is 0.289 e. The molecule has 30 heavy (non-hydrogen) atoms. The molecule has 0 spiro atoms. The highest BCUT2D eigenvalue weighted by atomic mass is 16.5. The fourth-order valence-corrected chi connectivity index (χ4v) is 4.02. The van der Waals surface area contributed by atoms with Crippen molar-refractivity contribution in [2.75, 3.05) is 26.7 Å². The van der Waals surface area contributed by atoms with Gasteiger partial charge in [-0.2, -0.15) is 0 Å². The van der Waals surface area contributed by atoms with Crippen LogP contribution in [0.1, 0.15) is 39.5 Å². The number of aromatic nitrogens is 3. The van der Waals surface area contributed by atoms with Crippen LogP contribution in [0.5, 0.6) is 5.75 Å². The van der Waals surface area contributed by atoms with E-state index in [9.17, 15) is 9.59 Å². The van der Waals surface area contributed by atoms with Gasteiger partial charge < -0.3 is 24.5 Å². The number of hydrogen-bond acceptors (Lipinski definition) is 4. The molecule has 156 valence electrons. The standard InChI is InChI=1S/C22H25N5O3/c1-30-16-4-5-18-17(10-16)15(11-24-18)6-7-23-21(28)19-13-26-8-9-27(12-14-2-3-14)22(29)20(26)25-19/h4-5,10-11,13-14,24H,2-3,6-9,12H2,1H3,(H,23,28). The summed E-state index contributed by atoms with van der Waals surface area (Å²) in [5.41, 5.74) is 2.44. The second kappa shape index (κ2) is 7.51. The third-order valence-corrected chi connectivity index (χ3v) is 5.93. The summed E-state index contributed by atoms with van der Waals surface area (Å²) in [4.78, 5) is 34.7. The van der Waals surface area contributed by atoms with Gasteiger partial charge in [-0.25, -0.2) is 4.98 Å². The molecule has 1 aromatic carbocycles. The van der Waals surface area contributed by atoms with Crippen molar-refractivity contribution in [3.8, 4) is 5.75 Å². The molecular weight excluding hydrogens is 382 g/mol. The summed E-state index contributed by atoms with van der Waals surface area (Å²) >= 11 is 0. The number of amides is 2. The summed E-state index contributed by atoms with van der Waals surface area (Å²) in [6.45, 7) is 2.66. The minimum atomic E-state index is -0.254. The Bertz CT molecular complexity index is 1110. The Morgan fingerprint density at radius 1 is 1.33 bits per heavy atom. The quantitative estimate of drug-likeness (QED) is 0.628. The van der Waals surface area contributed by atoms with Gasteiger partial charge in [0.2, 0.25) is 0 Å². The average molecular weight is 407 g/mol. The largest absolute Gasteiger partial charge is 0.497 e. The molecule has 2 amide bonds. The lowest BCUT2D eigenvalue weighted by molar-refractivity contribution is 0.0688. The van der Waals surface area contributed by atoms with Gasteiger partial charge in [0.25, 0.3) is 11.8 Å². The Balaban J connectivity index is 1.22. The summed E-state index contributed by atoms with van der Waals surface area (Å²) in [6.07, 6.45) is 6.73. The van der Waals surface area contributed by atoms with Gasteiger partial charge in [0.1, 0.15) is 11.4 Å². The van der Waals surface area contributed by atoms with E-state index in [1.54, 1.807) is 17.9 Å². The molecule has 0 radical (unpaired) electrons. The van der Waals surface area contributed by atoms with Gasteiger partial charge in [-0.05, 0) is 48.9 Å². The molecule has 5 rings (SSSR count). The van der Waals surface area contributed by atoms with E-state index >= 15 is 0 Å². The highest BCUT2D eigenvalue weighted by molar-refractivity contribution is 5.96. The van der Waals surface area contributed by atoms with Gasteiger partial charge in [0.15, 0.2) is 5.82 Å². The molecule has 0 atom stereocenters. The topological polar surface area (TPSA) is 92.2 Å². The number of carbonyl (C=O) groups is 2. The van der Waals surface area contributed by atoms with Crippen molar-refractivity contribution in [1.82, 2.24) is 24.8 Å². The molecule has 8 nitrogen and oxygen atoms in total. The number of benzene rings is 1. The average Bonchev–Trinajstić information content (AvgIpc) is 3.32. The van der Waals surface area contributed by atoms with Crippen molar-refractivity contribution in [2.24, 2.45) is 5.92 Å². The molecule has 8 heteroatoms. The van der Waals surface area contributed by atoms with Crippen LogP contribution >= 0.6 is 0 Å². The number of ether oxygens (including phenoxy) is 1. The van der Waals surface area contributed by atoms with Crippen molar-refractivity contribution in [3.05, 3.63) is 47.7 Å². The summed E-state index contributed by atoms with van der Waals surface area (Å²) in [6, 6.07) is 5.89. The number of rotatable bonds is 7. The van der Waals surface area contributed by atoms with Crippen LogP contribution in [-0.4, -0.2) is 58.0 Å². The minimum absolute atomic E-state index is 0.0695. The molecule has 1 fully saturated rings. The van der Waals surface area contributed by atoms with E-state index in [1.165, 1.54) is 12.8 Å². The third kappa shape index (κ3) is 3.53. The molecular formula is C22H25N5O3. The lowest BCUT2D eigenvalue weighted by Crippen LogP contribution is -2.41. The predicted molar refractivity (Wildman–Crippen MR) is 112 cm³/mol. The number of aromatic amines is 1. The van der Waals surface area contributed by atoms with Crippen LogP contribution in [0, 0.1) is 5.92 Å². The normalized spacial score (nSPS) is 16.0. The van der Waals surface area contributed by atoms with Gasteiger partial charge >= 0.3 is 0 Å².